The quantitative estimate of drug-likeness (QED) is 0.375. The van der Waals surface area contributed by atoms with E-state index < -0.39 is 0 Å². The number of hydrogen-bond donors (Lipinski definition) is 2. The van der Waals surface area contributed by atoms with Gasteiger partial charge in [0.1, 0.15) is 0 Å². The van der Waals surface area contributed by atoms with Gasteiger partial charge in [0.15, 0.2) is 0 Å². The number of allylic oxidation sites excluding steroid dienone is 1. The van der Waals surface area contributed by atoms with Crippen molar-refractivity contribution in [3.05, 3.63) is 23.9 Å². The smallest absolute Gasteiger partial charge is 0.0375 e. The van der Waals surface area contributed by atoms with Crippen molar-refractivity contribution in [2.45, 2.75) is 110 Å². The maximum atomic E-state index is 3.74. The van der Waals surface area contributed by atoms with Crippen molar-refractivity contribution in [3.63, 3.8) is 0 Å². The van der Waals surface area contributed by atoms with Crippen molar-refractivity contribution in [1.82, 2.24) is 10.6 Å². The molecule has 0 bridgehead atoms. The molecule has 2 heteroatoms. The predicted octanol–water partition coefficient (Wildman–Crippen LogP) is 6.10. The fourth-order valence-corrected chi connectivity index (χ4v) is 3.31. The highest BCUT2D eigenvalue weighted by Crippen LogP contribution is 2.20. The van der Waals surface area contributed by atoms with Crippen LogP contribution < -0.4 is 10.6 Å². The molecule has 1 rings (SSSR count). The molecule has 0 aromatic carbocycles. The van der Waals surface area contributed by atoms with E-state index in [-0.39, 0.29) is 5.54 Å². The fourth-order valence-electron chi connectivity index (χ4n) is 3.31. The maximum Gasteiger partial charge on any atom is 0.0375 e. The van der Waals surface area contributed by atoms with E-state index in [9.17, 15) is 0 Å². The normalized spacial score (nSPS) is 21.6. The van der Waals surface area contributed by atoms with E-state index in [1.165, 1.54) is 69.9 Å². The SMILES string of the molecule is CCCCCCCNC1(C)C=CC(NC(C)CCCCCC)=CC1. The molecule has 1 aliphatic rings. The molecule has 0 spiro atoms. The van der Waals surface area contributed by atoms with Gasteiger partial charge in [-0.05, 0) is 45.7 Å². The first kappa shape index (κ1) is 21.3. The predicted molar refractivity (Wildman–Crippen MR) is 108 cm³/mol. The van der Waals surface area contributed by atoms with E-state index in [2.05, 4.69) is 56.6 Å². The van der Waals surface area contributed by atoms with E-state index in [1.807, 2.05) is 0 Å². The second kappa shape index (κ2) is 12.6. The van der Waals surface area contributed by atoms with E-state index in [4.69, 9.17) is 0 Å². The Hall–Kier alpha value is -0.760. The molecule has 0 amide bonds. The topological polar surface area (TPSA) is 24.1 Å². The summed E-state index contributed by atoms with van der Waals surface area (Å²) in [6.45, 7) is 10.3. The Kier molecular flexibility index (Phi) is 11.2. The van der Waals surface area contributed by atoms with Gasteiger partial charge in [-0.25, -0.2) is 0 Å². The van der Waals surface area contributed by atoms with Crippen molar-refractivity contribution in [3.8, 4) is 0 Å². The van der Waals surface area contributed by atoms with E-state index in [0.717, 1.165) is 13.0 Å². The second-order valence-corrected chi connectivity index (χ2v) is 7.85. The minimum Gasteiger partial charge on any atom is -0.383 e. The summed E-state index contributed by atoms with van der Waals surface area (Å²) in [4.78, 5) is 0. The van der Waals surface area contributed by atoms with Gasteiger partial charge in [-0.1, -0.05) is 77.4 Å². The Morgan fingerprint density at radius 2 is 1.67 bits per heavy atom. The van der Waals surface area contributed by atoms with Gasteiger partial charge >= 0.3 is 0 Å². The summed E-state index contributed by atoms with van der Waals surface area (Å²) in [7, 11) is 0. The first-order chi connectivity index (χ1) is 11.6. The molecule has 2 N–H and O–H groups in total. The van der Waals surface area contributed by atoms with Crippen LogP contribution in [0.5, 0.6) is 0 Å². The molecule has 0 aliphatic heterocycles. The molecule has 140 valence electrons. The van der Waals surface area contributed by atoms with E-state index >= 15 is 0 Å². The summed E-state index contributed by atoms with van der Waals surface area (Å²) in [5.74, 6) is 0. The standard InChI is InChI=1S/C22H42N2/c1-5-7-9-11-13-19-23-22(4)17-15-21(16-18-22)24-20(3)14-12-10-8-6-2/h15-17,20,23-24H,5-14,18-19H2,1-4H3. The van der Waals surface area contributed by atoms with Crippen LogP contribution in [0.4, 0.5) is 0 Å². The largest absolute Gasteiger partial charge is 0.383 e. The minimum absolute atomic E-state index is 0.139. The Morgan fingerprint density at radius 1 is 1.00 bits per heavy atom. The summed E-state index contributed by atoms with van der Waals surface area (Å²) in [6, 6.07) is 0.577. The molecule has 0 heterocycles. The zero-order chi connectivity index (χ0) is 17.7. The third kappa shape index (κ3) is 9.52. The van der Waals surface area contributed by atoms with Crippen LogP contribution in [-0.4, -0.2) is 18.1 Å². The first-order valence-electron chi connectivity index (χ1n) is 10.5. The van der Waals surface area contributed by atoms with Gasteiger partial charge in [-0.3, -0.25) is 0 Å². The van der Waals surface area contributed by atoms with Gasteiger partial charge < -0.3 is 10.6 Å². The average Bonchev–Trinajstić information content (AvgIpc) is 2.57. The Labute approximate surface area is 151 Å². The molecule has 0 saturated heterocycles. The summed E-state index contributed by atoms with van der Waals surface area (Å²) < 4.78 is 0. The maximum absolute atomic E-state index is 3.74. The molecule has 2 atom stereocenters. The second-order valence-electron chi connectivity index (χ2n) is 7.85. The lowest BCUT2D eigenvalue weighted by molar-refractivity contribution is 0.422. The molecule has 0 saturated carbocycles. The summed E-state index contributed by atoms with van der Waals surface area (Å²) >= 11 is 0. The van der Waals surface area contributed by atoms with Crippen molar-refractivity contribution >= 4 is 0 Å². The van der Waals surface area contributed by atoms with E-state index in [1.54, 1.807) is 0 Å². The molecule has 2 unspecified atom stereocenters. The summed E-state index contributed by atoms with van der Waals surface area (Å²) in [5, 5.41) is 7.41. The molecule has 0 aromatic rings. The van der Waals surface area contributed by atoms with Crippen LogP contribution in [0.1, 0.15) is 98.3 Å². The van der Waals surface area contributed by atoms with Crippen molar-refractivity contribution in [2.24, 2.45) is 0 Å². The molecule has 0 aromatic heterocycles. The Balaban J connectivity index is 2.19. The first-order valence-corrected chi connectivity index (χ1v) is 10.5. The Bertz CT molecular complexity index is 372. The van der Waals surface area contributed by atoms with Crippen LogP contribution in [0.15, 0.2) is 23.9 Å². The van der Waals surface area contributed by atoms with Crippen molar-refractivity contribution in [2.75, 3.05) is 6.54 Å². The van der Waals surface area contributed by atoms with Crippen LogP contribution in [0.25, 0.3) is 0 Å². The summed E-state index contributed by atoms with van der Waals surface area (Å²) in [5.41, 5.74) is 1.44. The van der Waals surface area contributed by atoms with Crippen LogP contribution in [-0.2, 0) is 0 Å². The van der Waals surface area contributed by atoms with Gasteiger partial charge in [0.05, 0.1) is 0 Å². The van der Waals surface area contributed by atoms with Crippen LogP contribution in [0, 0.1) is 0 Å². The molecule has 0 radical (unpaired) electrons. The highest BCUT2D eigenvalue weighted by atomic mass is 15.0. The van der Waals surface area contributed by atoms with Gasteiger partial charge in [0.2, 0.25) is 0 Å². The monoisotopic (exact) mass is 334 g/mol. The lowest BCUT2D eigenvalue weighted by Gasteiger charge is -2.30. The van der Waals surface area contributed by atoms with Crippen LogP contribution in [0.2, 0.25) is 0 Å². The number of rotatable bonds is 14. The lowest BCUT2D eigenvalue weighted by Crippen LogP contribution is -2.42. The van der Waals surface area contributed by atoms with Crippen molar-refractivity contribution < 1.29 is 0 Å². The van der Waals surface area contributed by atoms with Gasteiger partial charge in [0, 0.05) is 17.3 Å². The zero-order valence-corrected chi connectivity index (χ0v) is 16.8. The zero-order valence-electron chi connectivity index (χ0n) is 16.8. The molecular weight excluding hydrogens is 292 g/mol. The molecule has 1 aliphatic carbocycles. The molecule has 24 heavy (non-hydrogen) atoms. The third-order valence-corrected chi connectivity index (χ3v) is 5.09. The van der Waals surface area contributed by atoms with Crippen LogP contribution in [0.3, 0.4) is 0 Å². The number of nitrogens with one attached hydrogen (secondary N) is 2. The average molecular weight is 335 g/mol. The highest BCUT2D eigenvalue weighted by molar-refractivity contribution is 5.27. The number of unbranched alkanes of at least 4 members (excludes halogenated alkanes) is 7. The molecular formula is C22H42N2. The van der Waals surface area contributed by atoms with Crippen molar-refractivity contribution in [1.29, 1.82) is 0 Å². The van der Waals surface area contributed by atoms with E-state index in [0.29, 0.717) is 6.04 Å². The lowest BCUT2D eigenvalue weighted by atomic mass is 9.92. The Morgan fingerprint density at radius 3 is 2.29 bits per heavy atom. The summed E-state index contributed by atoms with van der Waals surface area (Å²) in [6.07, 6.45) is 21.5. The fraction of sp³-hybridized carbons (Fsp3) is 0.818. The molecule has 0 fully saturated rings. The van der Waals surface area contributed by atoms with Gasteiger partial charge in [0.25, 0.3) is 0 Å². The third-order valence-electron chi connectivity index (χ3n) is 5.09. The number of hydrogen-bond acceptors (Lipinski definition) is 2. The highest BCUT2D eigenvalue weighted by Gasteiger charge is 2.21. The molecule has 2 nitrogen and oxygen atoms in total. The van der Waals surface area contributed by atoms with Gasteiger partial charge in [-0.2, -0.15) is 0 Å². The van der Waals surface area contributed by atoms with Crippen LogP contribution >= 0.6 is 0 Å². The minimum atomic E-state index is 0.139. The van der Waals surface area contributed by atoms with Gasteiger partial charge in [-0.15, -0.1) is 0 Å².